The van der Waals surface area contributed by atoms with Crippen LogP contribution in [0.2, 0.25) is 0 Å². The number of ether oxygens (including phenoxy) is 1. The SMILES string of the molecule is CCCCCC(O)C(C(=O)NO)N(CCC)S(=O)(=O)c1ccc(OC)cc1. The number of methoxy groups -OCH3 is 1. The Morgan fingerprint density at radius 2 is 1.81 bits per heavy atom. The lowest BCUT2D eigenvalue weighted by molar-refractivity contribution is -0.137. The first-order valence-electron chi connectivity index (χ1n) is 9.11. The number of sulfonamides is 1. The second-order valence-electron chi connectivity index (χ2n) is 6.28. The van der Waals surface area contributed by atoms with Gasteiger partial charge in [0, 0.05) is 6.54 Å². The number of benzene rings is 1. The molecule has 0 aliphatic carbocycles. The average molecular weight is 403 g/mol. The molecule has 8 nitrogen and oxygen atoms in total. The van der Waals surface area contributed by atoms with E-state index in [2.05, 4.69) is 0 Å². The summed E-state index contributed by atoms with van der Waals surface area (Å²) in [4.78, 5) is 12.2. The lowest BCUT2D eigenvalue weighted by Gasteiger charge is -2.32. The molecule has 0 spiro atoms. The fourth-order valence-electron chi connectivity index (χ4n) is 2.84. The van der Waals surface area contributed by atoms with Gasteiger partial charge in [0.05, 0.1) is 18.1 Å². The molecule has 154 valence electrons. The highest BCUT2D eigenvalue weighted by Gasteiger charge is 2.39. The Labute approximate surface area is 161 Å². The molecule has 2 atom stereocenters. The Balaban J connectivity index is 3.25. The third-order valence-corrected chi connectivity index (χ3v) is 6.16. The Bertz CT molecular complexity index is 678. The molecule has 2 unspecified atom stereocenters. The molecule has 0 aliphatic rings. The van der Waals surface area contributed by atoms with Crippen molar-refractivity contribution in [3.05, 3.63) is 24.3 Å². The van der Waals surface area contributed by atoms with Gasteiger partial charge in [0.1, 0.15) is 11.8 Å². The molecule has 1 amide bonds. The molecule has 0 heterocycles. The van der Waals surface area contributed by atoms with E-state index in [-0.39, 0.29) is 17.9 Å². The van der Waals surface area contributed by atoms with E-state index in [1.54, 1.807) is 6.92 Å². The zero-order valence-electron chi connectivity index (χ0n) is 16.1. The van der Waals surface area contributed by atoms with Crippen LogP contribution in [0.1, 0.15) is 46.0 Å². The maximum absolute atomic E-state index is 13.1. The third kappa shape index (κ3) is 6.17. The molecule has 1 rings (SSSR count). The molecule has 1 aromatic carbocycles. The van der Waals surface area contributed by atoms with Crippen LogP contribution in [0.4, 0.5) is 0 Å². The predicted molar refractivity (Wildman–Crippen MR) is 101 cm³/mol. The number of hydrogen-bond donors (Lipinski definition) is 3. The number of rotatable bonds is 12. The second kappa shape index (κ2) is 11.2. The van der Waals surface area contributed by atoms with Crippen molar-refractivity contribution < 1.29 is 28.3 Å². The summed E-state index contributed by atoms with van der Waals surface area (Å²) in [5.41, 5.74) is 1.49. The van der Waals surface area contributed by atoms with E-state index in [1.807, 2.05) is 6.92 Å². The fourth-order valence-corrected chi connectivity index (χ4v) is 4.55. The smallest absolute Gasteiger partial charge is 0.264 e. The lowest BCUT2D eigenvalue weighted by Crippen LogP contribution is -2.55. The van der Waals surface area contributed by atoms with Gasteiger partial charge in [0.2, 0.25) is 10.0 Å². The number of nitrogens with one attached hydrogen (secondary N) is 1. The summed E-state index contributed by atoms with van der Waals surface area (Å²) in [6.45, 7) is 3.80. The summed E-state index contributed by atoms with van der Waals surface area (Å²) in [6.07, 6.45) is 1.88. The summed E-state index contributed by atoms with van der Waals surface area (Å²) in [6, 6.07) is 4.37. The van der Waals surface area contributed by atoms with Crippen molar-refractivity contribution >= 4 is 15.9 Å². The van der Waals surface area contributed by atoms with Crippen molar-refractivity contribution in [3.63, 3.8) is 0 Å². The monoisotopic (exact) mass is 402 g/mol. The average Bonchev–Trinajstić information content (AvgIpc) is 2.67. The standard InChI is InChI=1S/C18H30N2O6S/c1-4-6-7-8-16(21)17(18(22)19-23)20(13-5-2)27(24,25)15-11-9-14(26-3)10-12-15/h9-12,16-17,21,23H,4-8,13H2,1-3H3,(H,19,22). The van der Waals surface area contributed by atoms with Gasteiger partial charge in [0.15, 0.2) is 0 Å². The highest BCUT2D eigenvalue weighted by Crippen LogP contribution is 2.24. The number of amides is 1. The summed E-state index contributed by atoms with van der Waals surface area (Å²) in [5.74, 6) is -0.454. The first kappa shape index (κ1) is 23.4. The summed E-state index contributed by atoms with van der Waals surface area (Å²) in [5, 5.41) is 19.6. The molecular weight excluding hydrogens is 372 g/mol. The van der Waals surface area contributed by atoms with Crippen molar-refractivity contribution in [2.45, 2.75) is 63.0 Å². The Morgan fingerprint density at radius 3 is 2.30 bits per heavy atom. The van der Waals surface area contributed by atoms with E-state index in [0.717, 1.165) is 17.1 Å². The van der Waals surface area contributed by atoms with Gasteiger partial charge in [-0.3, -0.25) is 10.0 Å². The highest BCUT2D eigenvalue weighted by atomic mass is 32.2. The summed E-state index contributed by atoms with van der Waals surface area (Å²) in [7, 11) is -2.60. The minimum Gasteiger partial charge on any atom is -0.497 e. The quantitative estimate of drug-likeness (QED) is 0.279. The summed E-state index contributed by atoms with van der Waals surface area (Å²) < 4.78 is 32.3. The Morgan fingerprint density at radius 1 is 1.19 bits per heavy atom. The maximum Gasteiger partial charge on any atom is 0.264 e. The number of unbranched alkanes of at least 4 members (excludes halogenated alkanes) is 2. The molecule has 27 heavy (non-hydrogen) atoms. The first-order chi connectivity index (χ1) is 12.8. The number of hydroxylamine groups is 1. The van der Waals surface area contributed by atoms with Gasteiger partial charge in [-0.15, -0.1) is 0 Å². The number of aliphatic hydroxyl groups is 1. The van der Waals surface area contributed by atoms with Crippen LogP contribution >= 0.6 is 0 Å². The van der Waals surface area contributed by atoms with Crippen molar-refractivity contribution in [1.29, 1.82) is 0 Å². The normalized spacial score (nSPS) is 14.0. The van der Waals surface area contributed by atoms with E-state index in [4.69, 9.17) is 9.94 Å². The van der Waals surface area contributed by atoms with E-state index >= 15 is 0 Å². The van der Waals surface area contributed by atoms with Gasteiger partial charge in [-0.25, -0.2) is 13.9 Å². The van der Waals surface area contributed by atoms with Gasteiger partial charge in [0.25, 0.3) is 5.91 Å². The molecule has 0 saturated carbocycles. The molecule has 9 heteroatoms. The molecule has 0 radical (unpaired) electrons. The van der Waals surface area contributed by atoms with Gasteiger partial charge in [-0.1, -0.05) is 33.1 Å². The van der Waals surface area contributed by atoms with Crippen LogP contribution in [0, 0.1) is 0 Å². The molecule has 3 N–H and O–H groups in total. The number of carbonyl (C=O) groups excluding carboxylic acids is 1. The highest BCUT2D eigenvalue weighted by molar-refractivity contribution is 7.89. The summed E-state index contributed by atoms with van der Waals surface area (Å²) >= 11 is 0. The van der Waals surface area contributed by atoms with Crippen LogP contribution in [0.25, 0.3) is 0 Å². The van der Waals surface area contributed by atoms with Crippen molar-refractivity contribution in [3.8, 4) is 5.75 Å². The van der Waals surface area contributed by atoms with Gasteiger partial charge in [-0.2, -0.15) is 4.31 Å². The number of nitrogens with zero attached hydrogens (tertiary/aromatic N) is 1. The first-order valence-corrected chi connectivity index (χ1v) is 10.5. The third-order valence-electron chi connectivity index (χ3n) is 4.27. The molecule has 1 aromatic rings. The fraction of sp³-hybridized carbons (Fsp3) is 0.611. The van der Waals surface area contributed by atoms with Crippen LogP contribution < -0.4 is 10.2 Å². The van der Waals surface area contributed by atoms with Gasteiger partial charge in [-0.05, 0) is 37.1 Å². The van der Waals surface area contributed by atoms with Crippen LogP contribution in [-0.2, 0) is 14.8 Å². The van der Waals surface area contributed by atoms with Crippen LogP contribution in [0.5, 0.6) is 5.75 Å². The van der Waals surface area contributed by atoms with Crippen LogP contribution in [0.15, 0.2) is 29.2 Å². The zero-order chi connectivity index (χ0) is 20.4. The molecule has 0 aliphatic heterocycles. The van der Waals surface area contributed by atoms with Gasteiger partial charge >= 0.3 is 0 Å². The molecule has 0 bridgehead atoms. The van der Waals surface area contributed by atoms with Gasteiger partial charge < -0.3 is 9.84 Å². The minimum absolute atomic E-state index is 0.0201. The van der Waals surface area contributed by atoms with E-state index in [1.165, 1.54) is 36.9 Å². The Kier molecular flexibility index (Phi) is 9.71. The number of hydrogen-bond acceptors (Lipinski definition) is 6. The van der Waals surface area contributed by atoms with Crippen LogP contribution in [0.3, 0.4) is 0 Å². The molecular formula is C18H30N2O6S. The van der Waals surface area contributed by atoms with Crippen LogP contribution in [-0.4, -0.2) is 54.7 Å². The van der Waals surface area contributed by atoms with Crippen molar-refractivity contribution in [2.75, 3.05) is 13.7 Å². The second-order valence-corrected chi connectivity index (χ2v) is 8.17. The Hall–Kier alpha value is -1.68. The van der Waals surface area contributed by atoms with E-state index < -0.39 is 28.1 Å². The predicted octanol–water partition coefficient (Wildman–Crippen LogP) is 1.91. The van der Waals surface area contributed by atoms with E-state index in [0.29, 0.717) is 18.6 Å². The number of aliphatic hydroxyl groups excluding tert-OH is 1. The minimum atomic E-state index is -4.07. The van der Waals surface area contributed by atoms with Crippen molar-refractivity contribution in [2.24, 2.45) is 0 Å². The molecule has 0 saturated heterocycles. The molecule has 0 aromatic heterocycles. The van der Waals surface area contributed by atoms with Crippen molar-refractivity contribution in [1.82, 2.24) is 9.79 Å². The number of carbonyl (C=O) groups is 1. The molecule has 0 fully saturated rings. The van der Waals surface area contributed by atoms with E-state index in [9.17, 15) is 18.3 Å². The topological polar surface area (TPSA) is 116 Å². The largest absolute Gasteiger partial charge is 0.497 e. The zero-order valence-corrected chi connectivity index (χ0v) is 16.9. The maximum atomic E-state index is 13.1. The lowest BCUT2D eigenvalue weighted by atomic mass is 10.0.